The second-order valence-electron chi connectivity index (χ2n) is 5.45. The highest BCUT2D eigenvalue weighted by molar-refractivity contribution is 6.30. The predicted octanol–water partition coefficient (Wildman–Crippen LogP) is 3.68. The first-order valence-electron chi connectivity index (χ1n) is 7.33. The average molecular weight is 282 g/mol. The Hall–Kier alpha value is -0.570. The Balaban J connectivity index is 1.92. The van der Waals surface area contributed by atoms with Crippen LogP contribution in [0, 0.1) is 5.92 Å². The van der Waals surface area contributed by atoms with Crippen molar-refractivity contribution < 1.29 is 4.74 Å². The molecule has 0 aromatic heterocycles. The number of ether oxygens (including phenoxy) is 1. The van der Waals surface area contributed by atoms with Gasteiger partial charge in [-0.25, -0.2) is 0 Å². The van der Waals surface area contributed by atoms with E-state index in [1.807, 2.05) is 12.1 Å². The van der Waals surface area contributed by atoms with Crippen molar-refractivity contribution in [3.8, 4) is 0 Å². The molecule has 1 aliphatic heterocycles. The number of nitrogens with one attached hydrogen (secondary N) is 1. The Morgan fingerprint density at radius 3 is 3.05 bits per heavy atom. The Morgan fingerprint density at radius 2 is 2.37 bits per heavy atom. The van der Waals surface area contributed by atoms with E-state index in [1.165, 1.54) is 24.8 Å². The summed E-state index contributed by atoms with van der Waals surface area (Å²) in [5.74, 6) is 0.716. The molecule has 1 fully saturated rings. The predicted molar refractivity (Wildman–Crippen MR) is 80.8 cm³/mol. The van der Waals surface area contributed by atoms with Gasteiger partial charge in [0.1, 0.15) is 0 Å². The second kappa shape index (κ2) is 7.88. The lowest BCUT2D eigenvalue weighted by atomic mass is 9.94. The fraction of sp³-hybridized carbons (Fsp3) is 0.625. The molecular formula is C16H24ClNO. The maximum Gasteiger partial charge on any atom is 0.0495 e. The van der Waals surface area contributed by atoms with E-state index in [1.54, 1.807) is 0 Å². The van der Waals surface area contributed by atoms with Crippen LogP contribution in [-0.2, 0) is 11.2 Å². The minimum atomic E-state index is 0.533. The molecule has 0 radical (unpaired) electrons. The summed E-state index contributed by atoms with van der Waals surface area (Å²) in [6, 6.07) is 8.74. The molecule has 19 heavy (non-hydrogen) atoms. The molecule has 2 nitrogen and oxygen atoms in total. The average Bonchev–Trinajstić information content (AvgIpc) is 2.89. The van der Waals surface area contributed by atoms with Crippen molar-refractivity contribution in [2.24, 2.45) is 5.92 Å². The van der Waals surface area contributed by atoms with Crippen molar-refractivity contribution in [1.82, 2.24) is 5.32 Å². The van der Waals surface area contributed by atoms with Crippen molar-refractivity contribution in [3.05, 3.63) is 34.9 Å². The molecule has 106 valence electrons. The number of hydrogen-bond acceptors (Lipinski definition) is 2. The van der Waals surface area contributed by atoms with Crippen molar-refractivity contribution in [1.29, 1.82) is 0 Å². The van der Waals surface area contributed by atoms with E-state index in [9.17, 15) is 0 Å². The van der Waals surface area contributed by atoms with Crippen LogP contribution in [0.2, 0.25) is 5.02 Å². The lowest BCUT2D eigenvalue weighted by molar-refractivity contribution is 0.181. The fourth-order valence-corrected chi connectivity index (χ4v) is 2.92. The van der Waals surface area contributed by atoms with Crippen LogP contribution in [-0.4, -0.2) is 25.8 Å². The smallest absolute Gasteiger partial charge is 0.0495 e. The first-order chi connectivity index (χ1) is 9.28. The summed E-state index contributed by atoms with van der Waals surface area (Å²) in [5, 5.41) is 4.50. The van der Waals surface area contributed by atoms with Gasteiger partial charge in [-0.2, -0.15) is 0 Å². The molecular weight excluding hydrogens is 258 g/mol. The molecule has 1 heterocycles. The van der Waals surface area contributed by atoms with Gasteiger partial charge in [-0.15, -0.1) is 0 Å². The van der Waals surface area contributed by atoms with Gasteiger partial charge in [-0.1, -0.05) is 30.7 Å². The number of hydrogen-bond donors (Lipinski definition) is 1. The highest BCUT2D eigenvalue weighted by atomic mass is 35.5. The Labute approximate surface area is 121 Å². The maximum absolute atomic E-state index is 6.06. The van der Waals surface area contributed by atoms with Crippen LogP contribution >= 0.6 is 11.6 Å². The van der Waals surface area contributed by atoms with Crippen LogP contribution in [0.3, 0.4) is 0 Å². The first kappa shape index (κ1) is 14.8. The molecule has 1 aromatic carbocycles. The lowest BCUT2D eigenvalue weighted by Crippen LogP contribution is -2.34. The molecule has 2 rings (SSSR count). The van der Waals surface area contributed by atoms with Crippen LogP contribution in [0.25, 0.3) is 0 Å². The zero-order valence-corrected chi connectivity index (χ0v) is 12.5. The van der Waals surface area contributed by atoms with Crippen LogP contribution < -0.4 is 5.32 Å². The van der Waals surface area contributed by atoms with E-state index in [-0.39, 0.29) is 0 Å². The van der Waals surface area contributed by atoms with Crippen molar-refractivity contribution in [3.63, 3.8) is 0 Å². The van der Waals surface area contributed by atoms with Crippen molar-refractivity contribution in [2.45, 2.75) is 38.6 Å². The minimum absolute atomic E-state index is 0.533. The van der Waals surface area contributed by atoms with Gasteiger partial charge in [0.15, 0.2) is 0 Å². The first-order valence-corrected chi connectivity index (χ1v) is 7.71. The van der Waals surface area contributed by atoms with Gasteiger partial charge in [0.25, 0.3) is 0 Å². The van der Waals surface area contributed by atoms with Gasteiger partial charge in [-0.05, 0) is 55.8 Å². The summed E-state index contributed by atoms with van der Waals surface area (Å²) in [7, 11) is 0. The van der Waals surface area contributed by atoms with Crippen LogP contribution in [0.4, 0.5) is 0 Å². The molecule has 0 bridgehead atoms. The van der Waals surface area contributed by atoms with E-state index >= 15 is 0 Å². The normalized spacial score (nSPS) is 20.6. The molecule has 1 N–H and O–H groups in total. The molecule has 0 saturated carbocycles. The monoisotopic (exact) mass is 281 g/mol. The van der Waals surface area contributed by atoms with Crippen molar-refractivity contribution in [2.75, 3.05) is 19.8 Å². The van der Waals surface area contributed by atoms with Crippen molar-refractivity contribution >= 4 is 11.6 Å². The summed E-state index contributed by atoms with van der Waals surface area (Å²) in [4.78, 5) is 0. The van der Waals surface area contributed by atoms with E-state index in [2.05, 4.69) is 24.4 Å². The molecule has 1 aromatic rings. The quantitative estimate of drug-likeness (QED) is 0.823. The maximum atomic E-state index is 6.06. The minimum Gasteiger partial charge on any atom is -0.381 e. The van der Waals surface area contributed by atoms with Crippen LogP contribution in [0.15, 0.2) is 24.3 Å². The largest absolute Gasteiger partial charge is 0.381 e. The van der Waals surface area contributed by atoms with Gasteiger partial charge in [0.05, 0.1) is 0 Å². The van der Waals surface area contributed by atoms with Gasteiger partial charge >= 0.3 is 0 Å². The summed E-state index contributed by atoms with van der Waals surface area (Å²) >= 11 is 6.06. The summed E-state index contributed by atoms with van der Waals surface area (Å²) in [6.45, 7) is 5.16. The fourth-order valence-electron chi connectivity index (χ4n) is 2.71. The molecule has 3 heteroatoms. The number of rotatable bonds is 7. The van der Waals surface area contributed by atoms with Gasteiger partial charge in [0.2, 0.25) is 0 Å². The molecule has 2 atom stereocenters. The van der Waals surface area contributed by atoms with E-state index in [4.69, 9.17) is 16.3 Å². The van der Waals surface area contributed by atoms with Gasteiger partial charge in [-0.3, -0.25) is 0 Å². The zero-order valence-electron chi connectivity index (χ0n) is 11.7. The van der Waals surface area contributed by atoms with Gasteiger partial charge < -0.3 is 10.1 Å². The van der Waals surface area contributed by atoms with E-state index < -0.39 is 0 Å². The zero-order chi connectivity index (χ0) is 13.5. The SMILES string of the molecule is CCCNC(Cc1cccc(Cl)c1)CC1CCOC1. The molecule has 0 spiro atoms. The van der Waals surface area contributed by atoms with E-state index in [0.717, 1.165) is 31.2 Å². The summed E-state index contributed by atoms with van der Waals surface area (Å²) < 4.78 is 5.48. The second-order valence-corrected chi connectivity index (χ2v) is 5.89. The number of halogens is 1. The number of benzene rings is 1. The molecule has 0 amide bonds. The molecule has 2 unspecified atom stereocenters. The third-order valence-corrected chi connectivity index (χ3v) is 3.93. The van der Waals surface area contributed by atoms with Gasteiger partial charge in [0, 0.05) is 24.3 Å². The van der Waals surface area contributed by atoms with Crippen LogP contribution in [0.5, 0.6) is 0 Å². The Bertz CT molecular complexity index is 377. The van der Waals surface area contributed by atoms with E-state index in [0.29, 0.717) is 12.0 Å². The Morgan fingerprint density at radius 1 is 1.47 bits per heavy atom. The Kier molecular flexibility index (Phi) is 6.15. The third-order valence-electron chi connectivity index (χ3n) is 3.70. The lowest BCUT2D eigenvalue weighted by Gasteiger charge is -2.21. The molecule has 0 aliphatic carbocycles. The summed E-state index contributed by atoms with van der Waals surface area (Å²) in [6.07, 6.45) is 4.64. The van der Waals surface area contributed by atoms with Crippen LogP contribution in [0.1, 0.15) is 31.7 Å². The highest BCUT2D eigenvalue weighted by Gasteiger charge is 2.20. The molecule has 1 saturated heterocycles. The topological polar surface area (TPSA) is 21.3 Å². The highest BCUT2D eigenvalue weighted by Crippen LogP contribution is 2.21. The summed E-state index contributed by atoms with van der Waals surface area (Å²) in [5.41, 5.74) is 1.32. The molecule has 1 aliphatic rings. The standard InChI is InChI=1S/C16H24ClNO/c1-2-7-18-16(11-14-6-8-19-12-14)10-13-4-3-5-15(17)9-13/h3-5,9,14,16,18H,2,6-8,10-12H2,1H3. The third kappa shape index (κ3) is 5.13.